The van der Waals surface area contributed by atoms with Gasteiger partial charge in [0.05, 0.1) is 0 Å². The van der Waals surface area contributed by atoms with Crippen LogP contribution in [0.1, 0.15) is 78.1 Å². The highest BCUT2D eigenvalue weighted by Crippen LogP contribution is 2.67. The van der Waals surface area contributed by atoms with Gasteiger partial charge in [0.15, 0.2) is 0 Å². The predicted molar refractivity (Wildman–Crippen MR) is 91.9 cm³/mol. The molecule has 4 aliphatic carbocycles. The van der Waals surface area contributed by atoms with Gasteiger partial charge in [-0.25, -0.2) is 0 Å². The van der Waals surface area contributed by atoms with Gasteiger partial charge in [0.2, 0.25) is 0 Å². The van der Waals surface area contributed by atoms with Crippen LogP contribution in [0.4, 0.5) is 0 Å². The van der Waals surface area contributed by atoms with Gasteiger partial charge < -0.3 is 5.11 Å². The molecule has 1 N–H and O–H groups in total. The zero-order valence-electron chi connectivity index (χ0n) is 15.0. The number of hydrogen-bond donors (Lipinski definition) is 1. The predicted octanol–water partition coefficient (Wildman–Crippen LogP) is 4.60. The molecule has 0 heterocycles. The van der Waals surface area contributed by atoms with Crippen LogP contribution in [0, 0.1) is 40.4 Å². The van der Waals surface area contributed by atoms with Crippen molar-refractivity contribution in [3.05, 3.63) is 0 Å². The summed E-state index contributed by atoms with van der Waals surface area (Å²) in [7, 11) is 0. The first-order valence-electron chi connectivity index (χ1n) is 10.1. The molecule has 0 spiro atoms. The maximum atomic E-state index is 11.9. The van der Waals surface area contributed by atoms with Gasteiger partial charge in [-0.3, -0.25) is 4.79 Å². The molecule has 0 aliphatic heterocycles. The van der Waals surface area contributed by atoms with Gasteiger partial charge >= 0.3 is 0 Å². The van der Waals surface area contributed by atoms with E-state index in [-0.39, 0.29) is 0 Å². The Kier molecular flexibility index (Phi) is 3.91. The number of carbonyl (C=O) groups excluding carboxylic acids is 1. The summed E-state index contributed by atoms with van der Waals surface area (Å²) in [6.45, 7) is 5.44. The number of fused-ring (bicyclic) bond motifs is 5. The quantitative estimate of drug-likeness (QED) is 0.808. The van der Waals surface area contributed by atoms with Crippen molar-refractivity contribution < 1.29 is 9.90 Å². The number of aliphatic hydroxyl groups excluding tert-OH is 1. The molecule has 0 unspecified atom stereocenters. The first kappa shape index (κ1) is 16.1. The van der Waals surface area contributed by atoms with E-state index in [1.165, 1.54) is 38.5 Å². The number of hydrogen-bond acceptors (Lipinski definition) is 2. The lowest BCUT2D eigenvalue weighted by atomic mass is 9.44. The minimum Gasteiger partial charge on any atom is -0.396 e. The van der Waals surface area contributed by atoms with Crippen LogP contribution < -0.4 is 0 Å². The second-order valence-electron chi connectivity index (χ2n) is 9.73. The third-order valence-electron chi connectivity index (χ3n) is 9.16. The summed E-state index contributed by atoms with van der Waals surface area (Å²) < 4.78 is 0. The molecule has 0 saturated heterocycles. The maximum absolute atomic E-state index is 11.9. The fourth-order valence-corrected chi connectivity index (χ4v) is 7.78. The van der Waals surface area contributed by atoms with Crippen molar-refractivity contribution >= 4 is 5.78 Å². The molecule has 0 aromatic heterocycles. The van der Waals surface area contributed by atoms with Gasteiger partial charge in [-0.15, -0.1) is 0 Å². The van der Waals surface area contributed by atoms with E-state index in [4.69, 9.17) is 0 Å². The zero-order chi connectivity index (χ0) is 16.2. The Morgan fingerprint density at radius 2 is 1.78 bits per heavy atom. The van der Waals surface area contributed by atoms with Crippen LogP contribution >= 0.6 is 0 Å². The van der Waals surface area contributed by atoms with Gasteiger partial charge in [-0.2, -0.15) is 0 Å². The van der Waals surface area contributed by atoms with Crippen molar-refractivity contribution in [2.45, 2.75) is 78.1 Å². The first-order chi connectivity index (χ1) is 11.0. The highest BCUT2D eigenvalue weighted by molar-refractivity contribution is 5.79. The Labute approximate surface area is 141 Å². The van der Waals surface area contributed by atoms with Crippen molar-refractivity contribution in [2.24, 2.45) is 40.4 Å². The van der Waals surface area contributed by atoms with Crippen LogP contribution in [-0.2, 0) is 4.79 Å². The van der Waals surface area contributed by atoms with E-state index in [2.05, 4.69) is 13.8 Å². The summed E-state index contributed by atoms with van der Waals surface area (Å²) >= 11 is 0. The Hall–Kier alpha value is -0.370. The molecule has 0 radical (unpaired) electrons. The Morgan fingerprint density at radius 1 is 1.00 bits per heavy atom. The summed E-state index contributed by atoms with van der Waals surface area (Å²) in [5.74, 6) is 4.58. The SMILES string of the molecule is C[C@]12CCC(=O)C[C@H]1CC[C@@H]1[C@@H]2CC[C@]2(C)[C@@H](CCO)CC[C@@H]12. The highest BCUT2D eigenvalue weighted by atomic mass is 16.3. The molecule has 0 aromatic carbocycles. The molecule has 130 valence electrons. The van der Waals surface area contributed by atoms with Crippen molar-refractivity contribution in [3.63, 3.8) is 0 Å². The second-order valence-corrected chi connectivity index (χ2v) is 9.73. The molecular weight excluding hydrogens is 284 g/mol. The summed E-state index contributed by atoms with van der Waals surface area (Å²) in [5.41, 5.74) is 0.921. The van der Waals surface area contributed by atoms with E-state index < -0.39 is 0 Å². The minimum atomic E-state index is 0.364. The van der Waals surface area contributed by atoms with E-state index >= 15 is 0 Å². The molecule has 4 aliphatic rings. The number of Topliss-reactive ketones (excluding diaryl/α,β-unsaturated/α-hetero) is 1. The average Bonchev–Trinajstić information content (AvgIpc) is 2.85. The van der Waals surface area contributed by atoms with Crippen molar-refractivity contribution in [3.8, 4) is 0 Å². The van der Waals surface area contributed by atoms with Gasteiger partial charge in [0.25, 0.3) is 0 Å². The molecular formula is C21H34O2. The lowest BCUT2D eigenvalue weighted by Gasteiger charge is -2.60. The third kappa shape index (κ3) is 2.27. The van der Waals surface area contributed by atoms with Crippen molar-refractivity contribution in [1.82, 2.24) is 0 Å². The molecule has 4 rings (SSSR count). The van der Waals surface area contributed by atoms with Crippen LogP contribution in [0.3, 0.4) is 0 Å². The molecule has 4 fully saturated rings. The number of rotatable bonds is 2. The fraction of sp³-hybridized carbons (Fsp3) is 0.952. The molecule has 2 heteroatoms. The van der Waals surface area contributed by atoms with Crippen LogP contribution in [0.5, 0.6) is 0 Å². The summed E-state index contributed by atoms with van der Waals surface area (Å²) in [6, 6.07) is 0. The first-order valence-corrected chi connectivity index (χ1v) is 10.1. The summed E-state index contributed by atoms with van der Waals surface area (Å²) in [4.78, 5) is 11.9. The molecule has 0 amide bonds. The standard InChI is InChI=1S/C21H34O2/c1-20-11-8-19-17(18(20)6-4-14(20)9-12-22)5-3-15-13-16(23)7-10-21(15,19)2/h14-15,17-19,22H,3-13H2,1-2H3/t14-,15-,17+,18+,19+,20-,21+/m1/s1. The van der Waals surface area contributed by atoms with E-state index in [0.717, 1.165) is 49.4 Å². The van der Waals surface area contributed by atoms with E-state index in [1.807, 2.05) is 0 Å². The van der Waals surface area contributed by atoms with E-state index in [9.17, 15) is 9.90 Å². The topological polar surface area (TPSA) is 37.3 Å². The van der Waals surface area contributed by atoms with Gasteiger partial charge in [0, 0.05) is 19.4 Å². The van der Waals surface area contributed by atoms with Crippen LogP contribution in [0.15, 0.2) is 0 Å². The Balaban J connectivity index is 1.59. The summed E-state index contributed by atoms with van der Waals surface area (Å²) in [6.07, 6.45) is 12.0. The van der Waals surface area contributed by atoms with Gasteiger partial charge in [0.1, 0.15) is 5.78 Å². The Bertz CT molecular complexity index is 486. The van der Waals surface area contributed by atoms with Crippen LogP contribution in [-0.4, -0.2) is 17.5 Å². The molecule has 23 heavy (non-hydrogen) atoms. The third-order valence-corrected chi connectivity index (χ3v) is 9.16. The Morgan fingerprint density at radius 3 is 2.57 bits per heavy atom. The lowest BCUT2D eigenvalue weighted by Crippen LogP contribution is -2.53. The molecule has 0 aromatic rings. The monoisotopic (exact) mass is 318 g/mol. The fourth-order valence-electron chi connectivity index (χ4n) is 7.78. The molecule has 7 atom stereocenters. The number of carbonyl (C=O) groups is 1. The van der Waals surface area contributed by atoms with Crippen molar-refractivity contribution in [1.29, 1.82) is 0 Å². The highest BCUT2D eigenvalue weighted by Gasteiger charge is 2.59. The molecule has 2 nitrogen and oxygen atoms in total. The molecule has 4 saturated carbocycles. The van der Waals surface area contributed by atoms with Crippen LogP contribution in [0.2, 0.25) is 0 Å². The molecule has 0 bridgehead atoms. The number of ketones is 1. The normalized spacial score (nSPS) is 52.7. The van der Waals surface area contributed by atoms with Gasteiger partial charge in [-0.1, -0.05) is 13.8 Å². The summed E-state index contributed by atoms with van der Waals surface area (Å²) in [5, 5.41) is 9.45. The minimum absolute atomic E-state index is 0.364. The van der Waals surface area contributed by atoms with Crippen molar-refractivity contribution in [2.75, 3.05) is 6.61 Å². The lowest BCUT2D eigenvalue weighted by molar-refractivity contribution is -0.139. The average molecular weight is 319 g/mol. The second kappa shape index (κ2) is 5.58. The number of aliphatic hydroxyl groups is 1. The largest absolute Gasteiger partial charge is 0.396 e. The maximum Gasteiger partial charge on any atom is 0.133 e. The van der Waals surface area contributed by atoms with Gasteiger partial charge in [-0.05, 0) is 91.8 Å². The van der Waals surface area contributed by atoms with Crippen LogP contribution in [0.25, 0.3) is 0 Å². The smallest absolute Gasteiger partial charge is 0.133 e. The zero-order valence-corrected chi connectivity index (χ0v) is 15.0. The van der Waals surface area contributed by atoms with E-state index in [0.29, 0.717) is 29.1 Å². The van der Waals surface area contributed by atoms with E-state index in [1.54, 1.807) is 0 Å².